The van der Waals surface area contributed by atoms with Crippen molar-refractivity contribution in [2.75, 3.05) is 20.1 Å². The lowest BCUT2D eigenvalue weighted by atomic mass is 9.97. The van der Waals surface area contributed by atoms with Crippen molar-refractivity contribution in [1.29, 1.82) is 0 Å². The maximum absolute atomic E-state index is 11.8. The Morgan fingerprint density at radius 3 is 2.50 bits per heavy atom. The molecule has 0 aromatic rings. The zero-order valence-corrected chi connectivity index (χ0v) is 11.0. The van der Waals surface area contributed by atoms with Gasteiger partial charge in [0.15, 0.2) is 0 Å². The zero-order chi connectivity index (χ0) is 12.3. The van der Waals surface area contributed by atoms with E-state index in [1.54, 1.807) is 4.90 Å². The van der Waals surface area contributed by atoms with E-state index >= 15 is 0 Å². The number of nitrogens with zero attached hydrogens (tertiary/aromatic N) is 1. The molecule has 1 saturated heterocycles. The van der Waals surface area contributed by atoms with Gasteiger partial charge in [0, 0.05) is 19.6 Å². The van der Waals surface area contributed by atoms with Crippen LogP contribution in [-0.4, -0.2) is 42.8 Å². The Bertz CT molecular complexity index is 248. The molecule has 1 N–H and O–H groups in total. The summed E-state index contributed by atoms with van der Waals surface area (Å²) in [6.45, 7) is 9.77. The normalized spacial score (nSPS) is 26.3. The van der Waals surface area contributed by atoms with Crippen LogP contribution in [0.5, 0.6) is 0 Å². The first-order chi connectivity index (χ1) is 7.29. The standard InChI is InChI=1S/C12H24N2O2/c1-9-6-10(8-13-7-9)14(5)11(15)16-12(2,3)4/h9-10,13H,6-8H2,1-5H3. The van der Waals surface area contributed by atoms with E-state index in [1.165, 1.54) is 0 Å². The summed E-state index contributed by atoms with van der Waals surface area (Å²) in [5, 5.41) is 3.33. The second-order valence-corrected chi connectivity index (χ2v) is 5.74. The topological polar surface area (TPSA) is 41.6 Å². The van der Waals surface area contributed by atoms with E-state index in [0.29, 0.717) is 5.92 Å². The number of ether oxygens (including phenoxy) is 1. The van der Waals surface area contributed by atoms with Gasteiger partial charge in [0.1, 0.15) is 5.60 Å². The van der Waals surface area contributed by atoms with Crippen molar-refractivity contribution in [2.24, 2.45) is 5.92 Å². The molecule has 0 aliphatic carbocycles. The van der Waals surface area contributed by atoms with E-state index < -0.39 is 5.60 Å². The maximum atomic E-state index is 11.8. The number of rotatable bonds is 1. The Morgan fingerprint density at radius 2 is 2.00 bits per heavy atom. The van der Waals surface area contributed by atoms with E-state index in [4.69, 9.17) is 4.74 Å². The van der Waals surface area contributed by atoms with Gasteiger partial charge in [-0.25, -0.2) is 4.79 Å². The molecule has 94 valence electrons. The minimum absolute atomic E-state index is 0.228. The van der Waals surface area contributed by atoms with Gasteiger partial charge in [-0.1, -0.05) is 6.92 Å². The lowest BCUT2D eigenvalue weighted by molar-refractivity contribution is 0.0184. The van der Waals surface area contributed by atoms with Gasteiger partial charge >= 0.3 is 6.09 Å². The Morgan fingerprint density at radius 1 is 1.38 bits per heavy atom. The number of amides is 1. The average molecular weight is 228 g/mol. The van der Waals surface area contributed by atoms with Crippen LogP contribution in [0.2, 0.25) is 0 Å². The highest BCUT2D eigenvalue weighted by Crippen LogP contribution is 2.17. The van der Waals surface area contributed by atoms with Crippen molar-refractivity contribution in [3.05, 3.63) is 0 Å². The molecule has 1 aliphatic heterocycles. The molecule has 0 bridgehead atoms. The summed E-state index contributed by atoms with van der Waals surface area (Å²) in [5.41, 5.74) is -0.418. The number of piperidine rings is 1. The van der Waals surface area contributed by atoms with E-state index in [-0.39, 0.29) is 12.1 Å². The molecule has 0 aromatic heterocycles. The minimum atomic E-state index is -0.418. The van der Waals surface area contributed by atoms with Crippen molar-refractivity contribution in [3.63, 3.8) is 0 Å². The van der Waals surface area contributed by atoms with Gasteiger partial charge in [0.25, 0.3) is 0 Å². The van der Waals surface area contributed by atoms with Gasteiger partial charge in [0.2, 0.25) is 0 Å². The predicted molar refractivity (Wildman–Crippen MR) is 64.4 cm³/mol. The summed E-state index contributed by atoms with van der Waals surface area (Å²) >= 11 is 0. The third-order valence-corrected chi connectivity index (χ3v) is 2.78. The number of carbonyl (C=O) groups excluding carboxylic acids is 1. The molecule has 16 heavy (non-hydrogen) atoms. The van der Waals surface area contributed by atoms with Crippen LogP contribution in [0, 0.1) is 5.92 Å². The van der Waals surface area contributed by atoms with Crippen molar-refractivity contribution in [3.8, 4) is 0 Å². The molecule has 2 atom stereocenters. The Kier molecular flexibility index (Phi) is 4.19. The minimum Gasteiger partial charge on any atom is -0.444 e. The van der Waals surface area contributed by atoms with Crippen LogP contribution in [0.1, 0.15) is 34.1 Å². The van der Waals surface area contributed by atoms with Gasteiger partial charge in [-0.3, -0.25) is 0 Å². The van der Waals surface area contributed by atoms with Gasteiger partial charge in [-0.15, -0.1) is 0 Å². The van der Waals surface area contributed by atoms with Gasteiger partial charge in [-0.05, 0) is 39.7 Å². The summed E-state index contributed by atoms with van der Waals surface area (Å²) in [4.78, 5) is 13.6. The van der Waals surface area contributed by atoms with Gasteiger partial charge in [0.05, 0.1) is 0 Å². The van der Waals surface area contributed by atoms with Crippen LogP contribution in [-0.2, 0) is 4.74 Å². The average Bonchev–Trinajstić information content (AvgIpc) is 2.14. The molecule has 4 heteroatoms. The zero-order valence-electron chi connectivity index (χ0n) is 11.0. The monoisotopic (exact) mass is 228 g/mol. The van der Waals surface area contributed by atoms with Gasteiger partial charge < -0.3 is 15.0 Å². The Labute approximate surface area is 98.3 Å². The second kappa shape index (κ2) is 5.04. The van der Waals surface area contributed by atoms with Crippen LogP contribution in [0.15, 0.2) is 0 Å². The fourth-order valence-corrected chi connectivity index (χ4v) is 1.91. The summed E-state index contributed by atoms with van der Waals surface area (Å²) < 4.78 is 5.35. The second-order valence-electron chi connectivity index (χ2n) is 5.74. The fourth-order valence-electron chi connectivity index (χ4n) is 1.91. The van der Waals surface area contributed by atoms with Gasteiger partial charge in [-0.2, -0.15) is 0 Å². The number of hydrogen-bond acceptors (Lipinski definition) is 3. The number of hydrogen-bond donors (Lipinski definition) is 1. The first-order valence-corrected chi connectivity index (χ1v) is 5.96. The number of carbonyl (C=O) groups is 1. The SMILES string of the molecule is CC1CNCC(N(C)C(=O)OC(C)(C)C)C1. The molecule has 0 spiro atoms. The molecule has 1 heterocycles. The fraction of sp³-hybridized carbons (Fsp3) is 0.917. The molecule has 1 rings (SSSR count). The highest BCUT2D eigenvalue weighted by atomic mass is 16.6. The Hall–Kier alpha value is -0.770. The van der Waals surface area contributed by atoms with E-state index in [2.05, 4.69) is 12.2 Å². The van der Waals surface area contributed by atoms with Crippen LogP contribution >= 0.6 is 0 Å². The van der Waals surface area contributed by atoms with E-state index in [9.17, 15) is 4.79 Å². The largest absolute Gasteiger partial charge is 0.444 e. The molecule has 1 amide bonds. The lowest BCUT2D eigenvalue weighted by Crippen LogP contribution is -2.50. The number of nitrogens with one attached hydrogen (secondary N) is 1. The highest BCUT2D eigenvalue weighted by Gasteiger charge is 2.28. The summed E-state index contributed by atoms with van der Waals surface area (Å²) in [6, 6.07) is 0.249. The van der Waals surface area contributed by atoms with Crippen LogP contribution in [0.4, 0.5) is 4.79 Å². The molecular formula is C12H24N2O2. The highest BCUT2D eigenvalue weighted by molar-refractivity contribution is 5.68. The molecule has 2 unspecified atom stereocenters. The number of likely N-dealkylation sites (N-methyl/N-ethyl adjacent to an activating group) is 1. The molecule has 0 aromatic carbocycles. The molecular weight excluding hydrogens is 204 g/mol. The van der Waals surface area contributed by atoms with E-state index in [0.717, 1.165) is 19.5 Å². The lowest BCUT2D eigenvalue weighted by Gasteiger charge is -2.35. The summed E-state index contributed by atoms with van der Waals surface area (Å²) in [6.07, 6.45) is 0.816. The molecule has 4 nitrogen and oxygen atoms in total. The first-order valence-electron chi connectivity index (χ1n) is 5.96. The third-order valence-electron chi connectivity index (χ3n) is 2.78. The summed E-state index contributed by atoms with van der Waals surface area (Å²) in [5.74, 6) is 0.614. The molecule has 1 fully saturated rings. The predicted octanol–water partition coefficient (Wildman–Crippen LogP) is 1.85. The summed E-state index contributed by atoms with van der Waals surface area (Å²) in [7, 11) is 1.82. The van der Waals surface area contributed by atoms with Crippen LogP contribution in [0.3, 0.4) is 0 Å². The maximum Gasteiger partial charge on any atom is 0.410 e. The van der Waals surface area contributed by atoms with Crippen LogP contribution < -0.4 is 5.32 Å². The van der Waals surface area contributed by atoms with Crippen molar-refractivity contribution < 1.29 is 9.53 Å². The van der Waals surface area contributed by atoms with Crippen molar-refractivity contribution >= 4 is 6.09 Å². The third kappa shape index (κ3) is 4.00. The quantitative estimate of drug-likeness (QED) is 0.744. The van der Waals surface area contributed by atoms with Crippen LogP contribution in [0.25, 0.3) is 0 Å². The first kappa shape index (κ1) is 13.3. The molecule has 1 aliphatic rings. The smallest absolute Gasteiger partial charge is 0.410 e. The Balaban J connectivity index is 2.49. The van der Waals surface area contributed by atoms with Crippen molar-refractivity contribution in [2.45, 2.75) is 45.8 Å². The van der Waals surface area contributed by atoms with Crippen molar-refractivity contribution in [1.82, 2.24) is 10.2 Å². The van der Waals surface area contributed by atoms with E-state index in [1.807, 2.05) is 27.8 Å². The molecule has 0 radical (unpaired) electrons. The molecule has 0 saturated carbocycles.